The van der Waals surface area contributed by atoms with E-state index >= 15 is 0 Å². The lowest BCUT2D eigenvalue weighted by molar-refractivity contribution is 1.01. The van der Waals surface area contributed by atoms with E-state index in [2.05, 4.69) is 23.4 Å². The van der Waals surface area contributed by atoms with Gasteiger partial charge in [-0.3, -0.25) is 0 Å². The van der Waals surface area contributed by atoms with Crippen molar-refractivity contribution in [2.75, 3.05) is 0 Å². The van der Waals surface area contributed by atoms with E-state index in [4.69, 9.17) is 0 Å². The van der Waals surface area contributed by atoms with Crippen molar-refractivity contribution < 1.29 is 0 Å². The lowest BCUT2D eigenvalue weighted by Crippen LogP contribution is -1.87. The topological polar surface area (TPSA) is 25.8 Å². The van der Waals surface area contributed by atoms with Gasteiger partial charge in [0.2, 0.25) is 0 Å². The number of aromatic nitrogens is 2. The molecule has 0 unspecified atom stereocenters. The molecule has 0 radical (unpaired) electrons. The molecular formula is C12H20N2. The van der Waals surface area contributed by atoms with E-state index < -0.39 is 0 Å². The van der Waals surface area contributed by atoms with Gasteiger partial charge in [0.25, 0.3) is 0 Å². The highest BCUT2D eigenvalue weighted by molar-refractivity contribution is 5.59. The first-order chi connectivity index (χ1) is 6.88. The smallest absolute Gasteiger partial charge is 0.0923 e. The van der Waals surface area contributed by atoms with Gasteiger partial charge in [-0.25, -0.2) is 0 Å². The molecule has 0 bridgehead atoms. The Morgan fingerprint density at radius 3 is 2.00 bits per heavy atom. The van der Waals surface area contributed by atoms with Gasteiger partial charge < -0.3 is 0 Å². The van der Waals surface area contributed by atoms with Crippen molar-refractivity contribution >= 4 is 12.2 Å². The summed E-state index contributed by atoms with van der Waals surface area (Å²) < 4.78 is 0. The highest BCUT2D eigenvalue weighted by Gasteiger charge is 1.92. The zero-order chi connectivity index (χ0) is 11.4. The van der Waals surface area contributed by atoms with E-state index in [-0.39, 0.29) is 0 Å². The van der Waals surface area contributed by atoms with Gasteiger partial charge in [-0.1, -0.05) is 46.9 Å². The summed E-state index contributed by atoms with van der Waals surface area (Å²) in [7, 11) is 0. The van der Waals surface area contributed by atoms with Crippen LogP contribution in [0.2, 0.25) is 0 Å². The minimum Gasteiger partial charge on any atom is -0.159 e. The second-order valence-corrected chi connectivity index (χ2v) is 1.78. The second kappa shape index (κ2) is 11.6. The van der Waals surface area contributed by atoms with Crippen molar-refractivity contribution in [3.63, 3.8) is 0 Å². The summed E-state index contributed by atoms with van der Waals surface area (Å²) in [6.07, 6.45) is 5.01. The van der Waals surface area contributed by atoms with E-state index in [1.54, 1.807) is 18.3 Å². The Morgan fingerprint density at radius 1 is 1.07 bits per heavy atom. The number of hydrogen-bond acceptors (Lipinski definition) is 2. The van der Waals surface area contributed by atoms with Gasteiger partial charge in [-0.05, 0) is 12.1 Å². The molecule has 0 N–H and O–H groups in total. The minimum absolute atomic E-state index is 0.775. The van der Waals surface area contributed by atoms with Crippen LogP contribution in [0.25, 0.3) is 12.2 Å². The molecule has 1 heterocycles. The van der Waals surface area contributed by atoms with E-state index in [9.17, 15) is 0 Å². The van der Waals surface area contributed by atoms with Crippen LogP contribution in [0, 0.1) is 0 Å². The van der Waals surface area contributed by atoms with Crippen LogP contribution in [0.15, 0.2) is 25.4 Å². The summed E-state index contributed by atoms with van der Waals surface area (Å²) in [5.41, 5.74) is 1.74. The fraction of sp³-hybridized carbons (Fsp3) is 0.333. The van der Waals surface area contributed by atoms with Gasteiger partial charge in [-0.2, -0.15) is 10.2 Å². The molecule has 1 aromatic rings. The molecule has 0 aliphatic rings. The Bertz CT molecular complexity index is 227. The summed E-state index contributed by atoms with van der Waals surface area (Å²) in [6, 6.07) is 1.84. The van der Waals surface area contributed by atoms with Crippen LogP contribution >= 0.6 is 0 Å². The minimum atomic E-state index is 0.775. The third kappa shape index (κ3) is 5.25. The maximum atomic E-state index is 3.83. The molecule has 0 aliphatic heterocycles. The molecule has 1 rings (SSSR count). The molecule has 0 saturated heterocycles. The highest BCUT2D eigenvalue weighted by Crippen LogP contribution is 2.05. The molecule has 0 saturated carbocycles. The van der Waals surface area contributed by atoms with Crippen LogP contribution in [0.5, 0.6) is 0 Å². The first kappa shape index (κ1) is 15.1. The quantitative estimate of drug-likeness (QED) is 0.712. The van der Waals surface area contributed by atoms with Crippen LogP contribution in [0.4, 0.5) is 0 Å². The van der Waals surface area contributed by atoms with Crippen molar-refractivity contribution in [2.24, 2.45) is 0 Å². The maximum absolute atomic E-state index is 3.83. The molecule has 0 spiro atoms. The normalized spacial score (nSPS) is 7.14. The van der Waals surface area contributed by atoms with Crippen LogP contribution in [-0.4, -0.2) is 10.2 Å². The average Bonchev–Trinajstić information content (AvgIpc) is 2.34. The Kier molecular flexibility index (Phi) is 12.4. The zero-order valence-corrected chi connectivity index (χ0v) is 9.62. The largest absolute Gasteiger partial charge is 0.159 e. The number of hydrogen-bond donors (Lipinski definition) is 0. The Morgan fingerprint density at radius 2 is 1.64 bits per heavy atom. The molecule has 0 aliphatic carbocycles. The summed E-state index contributed by atoms with van der Waals surface area (Å²) >= 11 is 0. The Hall–Kier alpha value is -1.44. The molecule has 78 valence electrons. The Balaban J connectivity index is 0. The molecule has 1 aromatic heterocycles. The van der Waals surface area contributed by atoms with Crippen LogP contribution in [-0.2, 0) is 0 Å². The van der Waals surface area contributed by atoms with Gasteiger partial charge in [0.15, 0.2) is 0 Å². The predicted molar refractivity (Wildman–Crippen MR) is 64.9 cm³/mol. The van der Waals surface area contributed by atoms with Crippen molar-refractivity contribution in [3.05, 3.63) is 36.7 Å². The molecule has 14 heavy (non-hydrogen) atoms. The van der Waals surface area contributed by atoms with Crippen molar-refractivity contribution in [1.82, 2.24) is 10.2 Å². The molecule has 0 atom stereocenters. The second-order valence-electron chi connectivity index (χ2n) is 1.78. The molecule has 2 nitrogen and oxygen atoms in total. The SMILES string of the molecule is C=Cc1ccnnc1C=C.CC.CC. The summed E-state index contributed by atoms with van der Waals surface area (Å²) in [5, 5.41) is 7.52. The third-order valence-corrected chi connectivity index (χ3v) is 1.20. The molecular weight excluding hydrogens is 172 g/mol. The molecule has 0 amide bonds. The molecule has 0 aromatic carbocycles. The van der Waals surface area contributed by atoms with E-state index in [0.29, 0.717) is 0 Å². The average molecular weight is 192 g/mol. The summed E-state index contributed by atoms with van der Waals surface area (Å²) in [4.78, 5) is 0. The van der Waals surface area contributed by atoms with Crippen LogP contribution in [0.3, 0.4) is 0 Å². The van der Waals surface area contributed by atoms with Crippen molar-refractivity contribution in [1.29, 1.82) is 0 Å². The summed E-state index contributed by atoms with van der Waals surface area (Å²) in [6.45, 7) is 15.2. The van der Waals surface area contributed by atoms with E-state index in [1.807, 2.05) is 33.8 Å². The van der Waals surface area contributed by atoms with Gasteiger partial charge in [0, 0.05) is 5.56 Å². The highest BCUT2D eigenvalue weighted by atomic mass is 15.1. The Labute approximate surface area is 87.4 Å². The van der Waals surface area contributed by atoms with Gasteiger partial charge in [-0.15, -0.1) is 0 Å². The zero-order valence-electron chi connectivity index (χ0n) is 9.62. The maximum Gasteiger partial charge on any atom is 0.0923 e. The third-order valence-electron chi connectivity index (χ3n) is 1.20. The van der Waals surface area contributed by atoms with Crippen molar-refractivity contribution in [3.8, 4) is 0 Å². The number of nitrogens with zero attached hydrogens (tertiary/aromatic N) is 2. The molecule has 2 heteroatoms. The summed E-state index contributed by atoms with van der Waals surface area (Å²) in [5.74, 6) is 0. The van der Waals surface area contributed by atoms with Gasteiger partial charge in [0.1, 0.15) is 0 Å². The predicted octanol–water partition coefficient (Wildman–Crippen LogP) is 3.82. The molecule has 0 fully saturated rings. The standard InChI is InChI=1S/C8H8N2.2C2H6/c1-3-7-5-6-9-10-8(7)4-2;2*1-2/h3-6H,1-2H2;2*1-2H3. The first-order valence-electron chi connectivity index (χ1n) is 4.95. The van der Waals surface area contributed by atoms with E-state index in [0.717, 1.165) is 11.3 Å². The monoisotopic (exact) mass is 192 g/mol. The van der Waals surface area contributed by atoms with Crippen molar-refractivity contribution in [2.45, 2.75) is 27.7 Å². The van der Waals surface area contributed by atoms with Crippen LogP contribution < -0.4 is 0 Å². The van der Waals surface area contributed by atoms with E-state index in [1.165, 1.54) is 0 Å². The first-order valence-corrected chi connectivity index (χ1v) is 4.95. The fourth-order valence-electron chi connectivity index (χ4n) is 0.684. The lowest BCUT2D eigenvalue weighted by atomic mass is 10.2. The van der Waals surface area contributed by atoms with Gasteiger partial charge in [0.05, 0.1) is 11.9 Å². The number of rotatable bonds is 2. The fourth-order valence-corrected chi connectivity index (χ4v) is 0.684. The lowest BCUT2D eigenvalue weighted by Gasteiger charge is -1.94. The van der Waals surface area contributed by atoms with Crippen LogP contribution in [0.1, 0.15) is 39.0 Å². The van der Waals surface area contributed by atoms with Gasteiger partial charge >= 0.3 is 0 Å².